The van der Waals surface area contributed by atoms with Gasteiger partial charge in [0.1, 0.15) is 19.3 Å². The highest BCUT2D eigenvalue weighted by Gasteiger charge is 2.27. The van der Waals surface area contributed by atoms with Crippen molar-refractivity contribution in [1.29, 1.82) is 0 Å². The maximum absolute atomic E-state index is 13.6. The number of rotatable bonds is 62. The van der Waals surface area contributed by atoms with E-state index in [1.807, 2.05) is 33.3 Å². The van der Waals surface area contributed by atoms with Gasteiger partial charge < -0.3 is 28.5 Å². The molecule has 0 aromatic rings. The average molecular weight is 1180 g/mol. The minimum Gasteiger partial charge on any atom is -0.756 e. The van der Waals surface area contributed by atoms with Gasteiger partial charge in [-0.1, -0.05) is 279 Å². The summed E-state index contributed by atoms with van der Waals surface area (Å²) in [4.78, 5) is 40.2. The second-order valence-electron chi connectivity index (χ2n) is 24.3. The molecule has 83 heavy (non-hydrogen) atoms. The molecule has 0 aromatic carbocycles. The SMILES string of the molecule is CC/C=C\C/C=C\C/C=C\C/C=C\C/C=C\CCCCCC(=O)OC(/C=C\CCCCCCCCCCCCC)C(COP(=O)([O-])OCC[N+](C)(C)C)NC(=O)CCCCCCCCCCCCCCCCC/C=C\C/C=C\CCCCC. The molecule has 0 aliphatic carbocycles. The van der Waals surface area contributed by atoms with Gasteiger partial charge in [0, 0.05) is 12.8 Å². The smallest absolute Gasteiger partial charge is 0.306 e. The van der Waals surface area contributed by atoms with Crippen molar-refractivity contribution < 1.29 is 37.3 Å². The number of likely N-dealkylation sites (N-methyl/N-ethyl adjacent to an activating group) is 1. The highest BCUT2D eigenvalue weighted by molar-refractivity contribution is 7.45. The normalized spacial score (nSPS) is 14.2. The number of amides is 1. The summed E-state index contributed by atoms with van der Waals surface area (Å²) in [7, 11) is 1.16. The number of esters is 1. The van der Waals surface area contributed by atoms with Crippen LogP contribution in [-0.4, -0.2) is 69.4 Å². The van der Waals surface area contributed by atoms with Gasteiger partial charge in [0.05, 0.1) is 33.8 Å². The van der Waals surface area contributed by atoms with Crippen molar-refractivity contribution in [2.24, 2.45) is 0 Å². The lowest BCUT2D eigenvalue weighted by Gasteiger charge is -2.30. The van der Waals surface area contributed by atoms with Crippen LogP contribution in [0.4, 0.5) is 0 Å². The number of phosphoric ester groups is 1. The second-order valence-corrected chi connectivity index (χ2v) is 25.7. The summed E-state index contributed by atoms with van der Waals surface area (Å²) in [5, 5.41) is 3.03. The van der Waals surface area contributed by atoms with E-state index >= 15 is 0 Å². The highest BCUT2D eigenvalue weighted by atomic mass is 31.2. The van der Waals surface area contributed by atoms with Gasteiger partial charge in [0.2, 0.25) is 5.91 Å². The standard InChI is InChI=1S/C73H131N2O7P/c1-7-10-13-16-19-22-25-28-30-32-34-35-36-37-38-39-41-42-44-47-50-53-56-59-62-65-72(76)74-70(69-81-83(78,79)80-68-67-75(4,5)6)71(64-61-58-55-52-49-46-27-24-21-18-15-12-9-3)82-73(77)66-63-60-57-54-51-48-45-43-40-33-31-29-26-23-20-17-14-11-8-2/h11,14,19-20,22-23,28-31,40,43,48,51,61,64,70-71H,7-10,12-13,15-18,21,24-27,32-39,41-42,44-47,49-50,52-60,62-63,65-69H2,1-6H3,(H-,74,76,78,79)/b14-11-,22-19-,23-20-,30-28-,31-29-,43-40-,51-48-,64-61-. The molecular formula is C73H131N2O7P. The summed E-state index contributed by atoms with van der Waals surface area (Å²) in [6.07, 6.45) is 83.8. The Morgan fingerprint density at radius 2 is 0.771 bits per heavy atom. The second kappa shape index (κ2) is 62.0. The molecule has 0 radical (unpaired) electrons. The predicted molar refractivity (Wildman–Crippen MR) is 358 cm³/mol. The Balaban J connectivity index is 5.17. The van der Waals surface area contributed by atoms with Crippen molar-refractivity contribution in [3.05, 3.63) is 97.2 Å². The molecule has 0 aliphatic heterocycles. The minimum absolute atomic E-state index is 0.0311. The first-order valence-corrected chi connectivity index (χ1v) is 36.0. The highest BCUT2D eigenvalue weighted by Crippen LogP contribution is 2.38. The molecule has 0 spiro atoms. The van der Waals surface area contributed by atoms with Crippen molar-refractivity contribution >= 4 is 19.7 Å². The third-order valence-electron chi connectivity index (χ3n) is 15.0. The predicted octanol–water partition coefficient (Wildman–Crippen LogP) is 21.3. The van der Waals surface area contributed by atoms with Gasteiger partial charge in [-0.05, 0) is 109 Å². The molecule has 10 heteroatoms. The molecule has 1 amide bonds. The fourth-order valence-corrected chi connectivity index (χ4v) is 10.4. The Morgan fingerprint density at radius 1 is 0.434 bits per heavy atom. The molecule has 3 atom stereocenters. The summed E-state index contributed by atoms with van der Waals surface area (Å²) < 4.78 is 30.4. The van der Waals surface area contributed by atoms with E-state index in [1.165, 1.54) is 167 Å². The Labute approximate surface area is 513 Å². The summed E-state index contributed by atoms with van der Waals surface area (Å²) >= 11 is 0. The van der Waals surface area contributed by atoms with Gasteiger partial charge in [-0.2, -0.15) is 0 Å². The zero-order chi connectivity index (χ0) is 60.7. The first-order valence-electron chi connectivity index (χ1n) is 34.5. The van der Waals surface area contributed by atoms with E-state index in [1.54, 1.807) is 0 Å². The quantitative estimate of drug-likeness (QED) is 0.0212. The third-order valence-corrected chi connectivity index (χ3v) is 16.0. The van der Waals surface area contributed by atoms with Crippen molar-refractivity contribution in [3.8, 4) is 0 Å². The van der Waals surface area contributed by atoms with Gasteiger partial charge in [-0.3, -0.25) is 14.2 Å². The molecule has 0 fully saturated rings. The molecule has 0 rings (SSSR count). The molecule has 1 N–H and O–H groups in total. The number of phosphoric acid groups is 1. The lowest BCUT2D eigenvalue weighted by molar-refractivity contribution is -0.870. The number of quaternary nitrogens is 1. The maximum Gasteiger partial charge on any atom is 0.306 e. The van der Waals surface area contributed by atoms with Gasteiger partial charge in [-0.15, -0.1) is 0 Å². The number of carbonyl (C=O) groups is 2. The molecule has 0 saturated heterocycles. The van der Waals surface area contributed by atoms with Gasteiger partial charge in [0.25, 0.3) is 7.82 Å². The van der Waals surface area contributed by atoms with E-state index in [9.17, 15) is 19.0 Å². The fourth-order valence-electron chi connectivity index (χ4n) is 9.70. The van der Waals surface area contributed by atoms with Gasteiger partial charge in [-0.25, -0.2) is 0 Å². The Hall–Kier alpha value is -3.07. The summed E-state index contributed by atoms with van der Waals surface area (Å²) in [6, 6.07) is -0.908. The minimum atomic E-state index is -4.72. The molecule has 9 nitrogen and oxygen atoms in total. The Morgan fingerprint density at radius 3 is 1.19 bits per heavy atom. The van der Waals surface area contributed by atoms with Crippen molar-refractivity contribution in [3.63, 3.8) is 0 Å². The van der Waals surface area contributed by atoms with Crippen LogP contribution in [0.3, 0.4) is 0 Å². The topological polar surface area (TPSA) is 114 Å². The first kappa shape index (κ1) is 79.9. The molecule has 480 valence electrons. The molecule has 3 unspecified atom stereocenters. The van der Waals surface area contributed by atoms with Gasteiger partial charge >= 0.3 is 5.97 Å². The average Bonchev–Trinajstić information content (AvgIpc) is 3.46. The zero-order valence-electron chi connectivity index (χ0n) is 54.9. The number of ether oxygens (including phenoxy) is 1. The van der Waals surface area contributed by atoms with E-state index in [2.05, 4.69) is 111 Å². The van der Waals surface area contributed by atoms with Crippen molar-refractivity contribution in [2.75, 3.05) is 40.9 Å². The van der Waals surface area contributed by atoms with Crippen LogP contribution in [0.1, 0.15) is 303 Å². The third kappa shape index (κ3) is 63.3. The molecule has 0 aliphatic rings. The van der Waals surface area contributed by atoms with Crippen molar-refractivity contribution in [1.82, 2.24) is 5.32 Å². The van der Waals surface area contributed by atoms with Crippen LogP contribution < -0.4 is 10.2 Å². The number of hydrogen-bond acceptors (Lipinski definition) is 7. The number of unbranched alkanes of at least 4 members (excludes halogenated alkanes) is 32. The van der Waals surface area contributed by atoms with E-state index in [0.717, 1.165) is 96.3 Å². The number of nitrogens with one attached hydrogen (secondary N) is 1. The van der Waals surface area contributed by atoms with E-state index < -0.39 is 26.6 Å². The van der Waals surface area contributed by atoms with Crippen LogP contribution >= 0.6 is 7.82 Å². The monoisotopic (exact) mass is 1180 g/mol. The molecular weight excluding hydrogens is 1050 g/mol. The summed E-state index contributed by atoms with van der Waals surface area (Å²) in [5.74, 6) is -0.575. The van der Waals surface area contributed by atoms with E-state index in [0.29, 0.717) is 23.9 Å². The largest absolute Gasteiger partial charge is 0.756 e. The Kier molecular flexibility index (Phi) is 59.7. The summed E-state index contributed by atoms with van der Waals surface area (Å²) in [6.45, 7) is 6.70. The van der Waals surface area contributed by atoms with E-state index in [-0.39, 0.29) is 24.9 Å². The Bertz CT molecular complexity index is 1740. The van der Waals surface area contributed by atoms with Gasteiger partial charge in [0.15, 0.2) is 0 Å². The number of carbonyl (C=O) groups excluding carboxylic acids is 2. The van der Waals surface area contributed by atoms with Crippen LogP contribution in [0.5, 0.6) is 0 Å². The number of hydrogen-bond donors (Lipinski definition) is 1. The van der Waals surface area contributed by atoms with Crippen LogP contribution in [0.25, 0.3) is 0 Å². The van der Waals surface area contributed by atoms with Crippen LogP contribution in [0.2, 0.25) is 0 Å². The van der Waals surface area contributed by atoms with Crippen molar-refractivity contribution in [2.45, 2.75) is 315 Å². The lowest BCUT2D eigenvalue weighted by atomic mass is 10.0. The molecule has 0 saturated carbocycles. The van der Waals surface area contributed by atoms with Crippen LogP contribution in [-0.2, 0) is 27.9 Å². The maximum atomic E-state index is 13.6. The zero-order valence-corrected chi connectivity index (χ0v) is 55.8. The van der Waals surface area contributed by atoms with Crippen LogP contribution in [0, 0.1) is 0 Å². The number of allylic oxidation sites excluding steroid dienone is 15. The van der Waals surface area contributed by atoms with Crippen LogP contribution in [0.15, 0.2) is 97.2 Å². The number of nitrogens with zero attached hydrogens (tertiary/aromatic N) is 1. The fraction of sp³-hybridized carbons (Fsp3) is 0.753. The van der Waals surface area contributed by atoms with E-state index in [4.69, 9.17) is 13.8 Å². The lowest BCUT2D eigenvalue weighted by Crippen LogP contribution is -2.47. The first-order chi connectivity index (χ1) is 40.4. The molecule has 0 aromatic heterocycles. The summed E-state index contributed by atoms with van der Waals surface area (Å²) in [5.41, 5.74) is 0. The molecule has 0 heterocycles. The molecule has 0 bridgehead atoms.